The number of benzene rings is 1. The number of aryl methyl sites for hydroxylation is 1. The lowest BCUT2D eigenvalue weighted by atomic mass is 10.1. The van der Waals surface area contributed by atoms with Crippen molar-refractivity contribution in [3.63, 3.8) is 0 Å². The van der Waals surface area contributed by atoms with Gasteiger partial charge in [-0.05, 0) is 32.4 Å². The summed E-state index contributed by atoms with van der Waals surface area (Å²) in [7, 11) is 1.65. The monoisotopic (exact) mass is 455 g/mol. The number of hydrogen-bond acceptors (Lipinski definition) is 6. The highest BCUT2D eigenvalue weighted by Gasteiger charge is 2.31. The van der Waals surface area contributed by atoms with E-state index in [0.29, 0.717) is 30.0 Å². The molecule has 1 fully saturated rings. The van der Waals surface area contributed by atoms with Gasteiger partial charge in [-0.1, -0.05) is 11.6 Å². The number of methoxy groups -OCH3 is 2. The first-order chi connectivity index (χ1) is 14.1. The van der Waals surface area contributed by atoms with Gasteiger partial charge in [0.2, 0.25) is 0 Å². The number of ether oxygens (including phenoxy) is 2. The normalized spacial score (nSPS) is 17.7. The summed E-state index contributed by atoms with van der Waals surface area (Å²) in [6, 6.07) is 2.98. The van der Waals surface area contributed by atoms with Crippen molar-refractivity contribution in [1.82, 2.24) is 14.7 Å². The van der Waals surface area contributed by atoms with Crippen LogP contribution in [0, 0.1) is 13.8 Å². The SMILES string of the molecule is COc1cc(C(=O)N(C)Cc2c(C)nn(C3CCS(=O)(=O)C3)c2C)cc(Cl)c1OC. The van der Waals surface area contributed by atoms with Crippen molar-refractivity contribution in [3.05, 3.63) is 39.7 Å². The molecule has 1 atom stereocenters. The minimum absolute atomic E-state index is 0.104. The van der Waals surface area contributed by atoms with Crippen molar-refractivity contribution >= 4 is 27.3 Å². The molecule has 1 aliphatic heterocycles. The van der Waals surface area contributed by atoms with Gasteiger partial charge in [0.25, 0.3) is 5.91 Å². The maximum absolute atomic E-state index is 13.0. The summed E-state index contributed by atoms with van der Waals surface area (Å²) in [5, 5.41) is 4.85. The Morgan fingerprint density at radius 2 is 2.00 bits per heavy atom. The summed E-state index contributed by atoms with van der Waals surface area (Å²) in [6.07, 6.45) is 0.558. The smallest absolute Gasteiger partial charge is 0.254 e. The number of amides is 1. The molecule has 164 valence electrons. The Hall–Kier alpha value is -2.26. The van der Waals surface area contributed by atoms with Crippen LogP contribution in [0.15, 0.2) is 12.1 Å². The summed E-state index contributed by atoms with van der Waals surface area (Å²) >= 11 is 6.23. The van der Waals surface area contributed by atoms with Crippen LogP contribution in [-0.2, 0) is 16.4 Å². The Morgan fingerprint density at radius 1 is 1.30 bits per heavy atom. The van der Waals surface area contributed by atoms with Crippen molar-refractivity contribution in [1.29, 1.82) is 0 Å². The average molecular weight is 456 g/mol. The molecule has 1 aromatic carbocycles. The highest BCUT2D eigenvalue weighted by molar-refractivity contribution is 7.91. The summed E-state index contributed by atoms with van der Waals surface area (Å²) in [5.74, 6) is 0.812. The highest BCUT2D eigenvalue weighted by atomic mass is 35.5. The lowest BCUT2D eigenvalue weighted by Crippen LogP contribution is -2.27. The molecular weight excluding hydrogens is 430 g/mol. The van der Waals surface area contributed by atoms with Gasteiger partial charge in [0.05, 0.1) is 42.5 Å². The fourth-order valence-corrected chi connectivity index (χ4v) is 5.80. The number of aromatic nitrogens is 2. The third-order valence-electron chi connectivity index (χ3n) is 5.45. The third-order valence-corrected chi connectivity index (χ3v) is 7.48. The van der Waals surface area contributed by atoms with Crippen LogP contribution in [0.25, 0.3) is 0 Å². The number of carbonyl (C=O) groups excluding carboxylic acids is 1. The fraction of sp³-hybridized carbons (Fsp3) is 0.500. The number of hydrogen-bond donors (Lipinski definition) is 0. The summed E-state index contributed by atoms with van der Waals surface area (Å²) in [5.41, 5.74) is 2.94. The first-order valence-electron chi connectivity index (χ1n) is 9.50. The summed E-state index contributed by atoms with van der Waals surface area (Å²) in [4.78, 5) is 14.6. The lowest BCUT2D eigenvalue weighted by Gasteiger charge is -2.19. The van der Waals surface area contributed by atoms with E-state index in [1.54, 1.807) is 28.8 Å². The van der Waals surface area contributed by atoms with E-state index >= 15 is 0 Å². The van der Waals surface area contributed by atoms with Gasteiger partial charge in [0.1, 0.15) is 0 Å². The Balaban J connectivity index is 1.84. The number of halogens is 1. The Morgan fingerprint density at radius 3 is 2.57 bits per heavy atom. The van der Waals surface area contributed by atoms with E-state index < -0.39 is 9.84 Å². The van der Waals surface area contributed by atoms with Gasteiger partial charge in [-0.15, -0.1) is 0 Å². The largest absolute Gasteiger partial charge is 0.493 e. The molecular formula is C20H26ClN3O5S. The summed E-state index contributed by atoms with van der Waals surface area (Å²) in [6.45, 7) is 4.11. The first kappa shape index (κ1) is 22.4. The first-order valence-corrected chi connectivity index (χ1v) is 11.7. The molecule has 10 heteroatoms. The van der Waals surface area contributed by atoms with Crippen molar-refractivity contribution in [2.45, 2.75) is 32.9 Å². The standard InChI is InChI=1S/C20H26ClN3O5S/c1-12-16(13(2)24(22-12)15-6-7-30(26,27)11-15)10-23(3)20(25)14-8-17(21)19(29-5)18(9-14)28-4/h8-9,15H,6-7,10-11H2,1-5H3. The van der Waals surface area contributed by atoms with E-state index in [0.717, 1.165) is 17.0 Å². The molecule has 1 aromatic heterocycles. The Bertz CT molecular complexity index is 1080. The maximum Gasteiger partial charge on any atom is 0.254 e. The van der Waals surface area contributed by atoms with E-state index in [2.05, 4.69) is 5.10 Å². The molecule has 2 aromatic rings. The second kappa shape index (κ2) is 8.47. The van der Waals surface area contributed by atoms with Crippen LogP contribution in [0.2, 0.25) is 5.02 Å². The second-order valence-corrected chi connectivity index (χ2v) is 10.1. The minimum atomic E-state index is -3.01. The molecule has 0 saturated carbocycles. The van der Waals surface area contributed by atoms with Gasteiger partial charge in [0.15, 0.2) is 21.3 Å². The van der Waals surface area contributed by atoms with Crippen LogP contribution in [0.1, 0.15) is 39.8 Å². The van der Waals surface area contributed by atoms with Crippen LogP contribution in [-0.4, -0.2) is 61.8 Å². The van der Waals surface area contributed by atoms with Gasteiger partial charge in [0, 0.05) is 30.4 Å². The molecule has 8 nitrogen and oxygen atoms in total. The molecule has 1 saturated heterocycles. The van der Waals surface area contributed by atoms with Crippen LogP contribution >= 0.6 is 11.6 Å². The maximum atomic E-state index is 13.0. The van der Waals surface area contributed by atoms with Crippen LogP contribution < -0.4 is 9.47 Å². The molecule has 0 spiro atoms. The predicted octanol–water partition coefficient (Wildman–Crippen LogP) is 2.80. The number of nitrogens with zero attached hydrogens (tertiary/aromatic N) is 3. The Kier molecular flexibility index (Phi) is 6.33. The molecule has 0 aliphatic carbocycles. The third kappa shape index (κ3) is 4.27. The van der Waals surface area contributed by atoms with E-state index in [-0.39, 0.29) is 28.5 Å². The molecule has 0 bridgehead atoms. The zero-order valence-electron chi connectivity index (χ0n) is 17.7. The highest BCUT2D eigenvalue weighted by Crippen LogP contribution is 2.36. The van der Waals surface area contributed by atoms with Gasteiger partial charge >= 0.3 is 0 Å². The topological polar surface area (TPSA) is 90.7 Å². The van der Waals surface area contributed by atoms with Crippen LogP contribution in [0.3, 0.4) is 0 Å². The van der Waals surface area contributed by atoms with E-state index in [1.165, 1.54) is 14.2 Å². The summed E-state index contributed by atoms with van der Waals surface area (Å²) < 4.78 is 36.0. The van der Waals surface area contributed by atoms with Crippen LogP contribution in [0.5, 0.6) is 11.5 Å². The Labute approximate surface area is 181 Å². The quantitative estimate of drug-likeness (QED) is 0.665. The van der Waals surface area contributed by atoms with Gasteiger partial charge in [-0.2, -0.15) is 5.10 Å². The number of sulfone groups is 1. The van der Waals surface area contributed by atoms with Crippen molar-refractivity contribution in [3.8, 4) is 11.5 Å². The van der Waals surface area contributed by atoms with Gasteiger partial charge < -0.3 is 14.4 Å². The predicted molar refractivity (Wildman–Crippen MR) is 114 cm³/mol. The van der Waals surface area contributed by atoms with Gasteiger partial charge in [-0.3, -0.25) is 9.48 Å². The van der Waals surface area contributed by atoms with Crippen molar-refractivity contribution in [2.75, 3.05) is 32.8 Å². The lowest BCUT2D eigenvalue weighted by molar-refractivity contribution is 0.0784. The molecule has 0 N–H and O–H groups in total. The van der Waals surface area contributed by atoms with E-state index in [1.807, 2.05) is 13.8 Å². The molecule has 30 heavy (non-hydrogen) atoms. The van der Waals surface area contributed by atoms with E-state index in [4.69, 9.17) is 21.1 Å². The molecule has 2 heterocycles. The van der Waals surface area contributed by atoms with Gasteiger partial charge in [-0.25, -0.2) is 8.42 Å². The number of carbonyl (C=O) groups is 1. The zero-order valence-corrected chi connectivity index (χ0v) is 19.3. The number of rotatable bonds is 6. The molecule has 1 unspecified atom stereocenters. The molecule has 1 aliphatic rings. The molecule has 0 radical (unpaired) electrons. The van der Waals surface area contributed by atoms with Crippen molar-refractivity contribution < 1.29 is 22.7 Å². The molecule has 1 amide bonds. The van der Waals surface area contributed by atoms with Crippen LogP contribution in [0.4, 0.5) is 0 Å². The van der Waals surface area contributed by atoms with Crippen molar-refractivity contribution in [2.24, 2.45) is 0 Å². The fourth-order valence-electron chi connectivity index (χ4n) is 3.82. The average Bonchev–Trinajstić information content (AvgIpc) is 3.19. The zero-order chi connectivity index (χ0) is 22.2. The second-order valence-electron chi connectivity index (χ2n) is 7.51. The molecule has 3 rings (SSSR count). The van der Waals surface area contributed by atoms with E-state index in [9.17, 15) is 13.2 Å². The minimum Gasteiger partial charge on any atom is -0.493 e.